The van der Waals surface area contributed by atoms with Gasteiger partial charge in [-0.05, 0) is 17.5 Å². The first-order chi connectivity index (χ1) is 9.39. The Balaban J connectivity index is 1.93. The van der Waals surface area contributed by atoms with Crippen LogP contribution in [-0.2, 0) is 4.79 Å². The second-order valence-electron chi connectivity index (χ2n) is 6.49. The summed E-state index contributed by atoms with van der Waals surface area (Å²) in [7, 11) is 0. The molecule has 1 fully saturated rings. The van der Waals surface area contributed by atoms with Gasteiger partial charge in [0.05, 0.1) is 6.04 Å². The average Bonchev–Trinajstić information content (AvgIpc) is 2.46. The van der Waals surface area contributed by atoms with Gasteiger partial charge in [0.1, 0.15) is 0 Å². The van der Waals surface area contributed by atoms with E-state index in [1.54, 1.807) is 0 Å². The van der Waals surface area contributed by atoms with Crippen molar-refractivity contribution in [2.45, 2.75) is 26.8 Å². The molecule has 0 aliphatic carbocycles. The molecular weight excluding hydrogens is 250 g/mol. The zero-order chi connectivity index (χ0) is 14.8. The minimum absolute atomic E-state index is 0.0743. The zero-order valence-electron chi connectivity index (χ0n) is 12.7. The summed E-state index contributed by atoms with van der Waals surface area (Å²) >= 11 is 0. The largest absolute Gasteiger partial charge is 0.368 e. The van der Waals surface area contributed by atoms with Crippen LogP contribution in [0, 0.1) is 5.41 Å². The maximum Gasteiger partial charge on any atom is 0.240 e. The Bertz CT molecular complexity index is 445. The van der Waals surface area contributed by atoms with Gasteiger partial charge in [-0.25, -0.2) is 0 Å². The molecular formula is C16H25N3O. The highest BCUT2D eigenvalue weighted by Crippen LogP contribution is 2.21. The van der Waals surface area contributed by atoms with Crippen molar-refractivity contribution >= 4 is 11.6 Å². The Hall–Kier alpha value is -1.55. The van der Waals surface area contributed by atoms with E-state index >= 15 is 0 Å². The summed E-state index contributed by atoms with van der Waals surface area (Å²) < 4.78 is 0. The molecule has 20 heavy (non-hydrogen) atoms. The monoisotopic (exact) mass is 275 g/mol. The summed E-state index contributed by atoms with van der Waals surface area (Å²) in [5, 5.41) is 0. The van der Waals surface area contributed by atoms with E-state index in [1.807, 2.05) is 43.9 Å². The van der Waals surface area contributed by atoms with Crippen molar-refractivity contribution < 1.29 is 4.79 Å². The van der Waals surface area contributed by atoms with Crippen molar-refractivity contribution in [2.24, 2.45) is 11.1 Å². The van der Waals surface area contributed by atoms with E-state index in [0.717, 1.165) is 26.2 Å². The molecule has 0 spiro atoms. The van der Waals surface area contributed by atoms with Crippen molar-refractivity contribution in [1.82, 2.24) is 4.90 Å². The first kappa shape index (κ1) is 14.9. The summed E-state index contributed by atoms with van der Waals surface area (Å²) in [4.78, 5) is 16.6. The number of para-hydroxylation sites is 1. The number of rotatable bonds is 2. The van der Waals surface area contributed by atoms with Crippen molar-refractivity contribution in [3.63, 3.8) is 0 Å². The van der Waals surface area contributed by atoms with Gasteiger partial charge in [0.15, 0.2) is 0 Å². The summed E-state index contributed by atoms with van der Waals surface area (Å²) in [6.45, 7) is 9.26. The number of amides is 1. The molecule has 0 radical (unpaired) electrons. The molecule has 1 aliphatic rings. The Labute approximate surface area is 121 Å². The van der Waals surface area contributed by atoms with E-state index in [2.05, 4.69) is 17.0 Å². The summed E-state index contributed by atoms with van der Waals surface area (Å²) in [5.41, 5.74) is 7.10. The molecule has 1 heterocycles. The zero-order valence-corrected chi connectivity index (χ0v) is 12.7. The number of nitrogens with zero attached hydrogens (tertiary/aromatic N) is 2. The maximum atomic E-state index is 12.4. The van der Waals surface area contributed by atoms with Crippen LogP contribution in [0.25, 0.3) is 0 Å². The van der Waals surface area contributed by atoms with Crippen LogP contribution in [0.2, 0.25) is 0 Å². The molecule has 110 valence electrons. The molecule has 1 saturated heterocycles. The number of anilines is 1. The number of carbonyl (C=O) groups is 1. The Kier molecular flexibility index (Phi) is 4.33. The van der Waals surface area contributed by atoms with Crippen molar-refractivity contribution in [3.05, 3.63) is 30.3 Å². The predicted molar refractivity (Wildman–Crippen MR) is 82.7 cm³/mol. The van der Waals surface area contributed by atoms with E-state index < -0.39 is 6.04 Å². The number of nitrogens with two attached hydrogens (primary N) is 1. The van der Waals surface area contributed by atoms with Crippen molar-refractivity contribution in [2.75, 3.05) is 31.1 Å². The van der Waals surface area contributed by atoms with E-state index in [9.17, 15) is 4.79 Å². The van der Waals surface area contributed by atoms with E-state index in [4.69, 9.17) is 5.73 Å². The van der Waals surface area contributed by atoms with E-state index in [-0.39, 0.29) is 11.3 Å². The lowest BCUT2D eigenvalue weighted by Gasteiger charge is -2.39. The molecule has 1 aliphatic heterocycles. The first-order valence-corrected chi connectivity index (χ1v) is 7.24. The second-order valence-corrected chi connectivity index (χ2v) is 6.49. The van der Waals surface area contributed by atoms with Gasteiger partial charge in [0.25, 0.3) is 0 Å². The Morgan fingerprint density at radius 3 is 2.15 bits per heavy atom. The van der Waals surface area contributed by atoms with Crippen molar-refractivity contribution in [1.29, 1.82) is 0 Å². The van der Waals surface area contributed by atoms with Crippen LogP contribution in [0.5, 0.6) is 0 Å². The quantitative estimate of drug-likeness (QED) is 0.894. The molecule has 4 heteroatoms. The lowest BCUT2D eigenvalue weighted by molar-refractivity contribution is -0.135. The first-order valence-electron chi connectivity index (χ1n) is 7.24. The lowest BCUT2D eigenvalue weighted by atomic mass is 9.86. The number of hydrogen-bond donors (Lipinski definition) is 1. The fraction of sp³-hybridized carbons (Fsp3) is 0.562. The molecule has 0 bridgehead atoms. The van der Waals surface area contributed by atoms with Gasteiger partial charge in [-0.1, -0.05) is 39.0 Å². The standard InChI is InChI=1S/C16H25N3O/c1-16(2,3)14(17)15(20)19-11-9-18(10-12-19)13-7-5-4-6-8-13/h4-8,14H,9-12,17H2,1-3H3/t14-/m1/s1. The van der Waals surface area contributed by atoms with Gasteiger partial charge < -0.3 is 15.5 Å². The third-order valence-corrected chi connectivity index (χ3v) is 3.91. The summed E-state index contributed by atoms with van der Waals surface area (Å²) in [6.07, 6.45) is 0. The highest BCUT2D eigenvalue weighted by molar-refractivity contribution is 5.82. The average molecular weight is 275 g/mol. The van der Waals surface area contributed by atoms with Gasteiger partial charge in [0.2, 0.25) is 5.91 Å². The highest BCUT2D eigenvalue weighted by atomic mass is 16.2. The predicted octanol–water partition coefficient (Wildman–Crippen LogP) is 1.71. The second kappa shape index (κ2) is 5.83. The maximum absolute atomic E-state index is 12.4. The van der Waals surface area contributed by atoms with Crippen LogP contribution in [0.15, 0.2) is 30.3 Å². The molecule has 4 nitrogen and oxygen atoms in total. The van der Waals surface area contributed by atoms with Gasteiger partial charge in [-0.2, -0.15) is 0 Å². The topological polar surface area (TPSA) is 49.6 Å². The van der Waals surface area contributed by atoms with Gasteiger partial charge in [-0.3, -0.25) is 4.79 Å². The fourth-order valence-electron chi connectivity index (χ4n) is 2.39. The molecule has 1 atom stereocenters. The molecule has 0 unspecified atom stereocenters. The van der Waals surface area contributed by atoms with Gasteiger partial charge in [-0.15, -0.1) is 0 Å². The summed E-state index contributed by atoms with van der Waals surface area (Å²) in [6, 6.07) is 9.90. The molecule has 1 aromatic rings. The smallest absolute Gasteiger partial charge is 0.240 e. The van der Waals surface area contributed by atoms with Crippen LogP contribution in [0.3, 0.4) is 0 Å². The molecule has 1 amide bonds. The number of hydrogen-bond acceptors (Lipinski definition) is 3. The minimum Gasteiger partial charge on any atom is -0.368 e. The highest BCUT2D eigenvalue weighted by Gasteiger charge is 2.32. The molecule has 0 saturated carbocycles. The van der Waals surface area contributed by atoms with E-state index in [0.29, 0.717) is 0 Å². The third-order valence-electron chi connectivity index (χ3n) is 3.91. The SMILES string of the molecule is CC(C)(C)[C@H](N)C(=O)N1CCN(c2ccccc2)CC1. The number of carbonyl (C=O) groups excluding carboxylic acids is 1. The fourth-order valence-corrected chi connectivity index (χ4v) is 2.39. The molecule has 1 aromatic carbocycles. The third kappa shape index (κ3) is 3.31. The molecule has 2 N–H and O–H groups in total. The molecule has 2 rings (SSSR count). The van der Waals surface area contributed by atoms with E-state index in [1.165, 1.54) is 5.69 Å². The number of benzene rings is 1. The lowest BCUT2D eigenvalue weighted by Crippen LogP contribution is -2.56. The minimum atomic E-state index is -0.425. The van der Waals surface area contributed by atoms with Gasteiger partial charge in [0, 0.05) is 31.9 Å². The van der Waals surface area contributed by atoms with Crippen LogP contribution < -0.4 is 10.6 Å². The van der Waals surface area contributed by atoms with Gasteiger partial charge >= 0.3 is 0 Å². The van der Waals surface area contributed by atoms with Crippen LogP contribution in [-0.4, -0.2) is 43.0 Å². The summed E-state index contributed by atoms with van der Waals surface area (Å²) in [5.74, 6) is 0.0743. The Morgan fingerprint density at radius 1 is 1.10 bits per heavy atom. The van der Waals surface area contributed by atoms with Crippen LogP contribution in [0.1, 0.15) is 20.8 Å². The normalized spacial score (nSPS) is 18.0. The molecule has 0 aromatic heterocycles. The number of piperazine rings is 1. The van der Waals surface area contributed by atoms with Crippen LogP contribution >= 0.6 is 0 Å². The van der Waals surface area contributed by atoms with Crippen molar-refractivity contribution in [3.8, 4) is 0 Å². The Morgan fingerprint density at radius 2 is 1.65 bits per heavy atom. The van der Waals surface area contributed by atoms with Crippen LogP contribution in [0.4, 0.5) is 5.69 Å².